The van der Waals surface area contributed by atoms with Crippen LogP contribution in [0, 0.1) is 0 Å². The van der Waals surface area contributed by atoms with Crippen LogP contribution in [0.1, 0.15) is 1.37 Å². The van der Waals surface area contributed by atoms with E-state index in [9.17, 15) is 0 Å². The van der Waals surface area contributed by atoms with Crippen molar-refractivity contribution in [3.63, 3.8) is 0 Å². The smallest absolute Gasteiger partial charge is 0.198 e. The molecule has 0 spiro atoms. The number of benzene rings is 3. The van der Waals surface area contributed by atoms with Crippen molar-refractivity contribution in [3.8, 4) is 22.5 Å². The van der Waals surface area contributed by atoms with Gasteiger partial charge < -0.3 is 0 Å². The highest BCUT2D eigenvalue weighted by Crippen LogP contribution is 2.27. The molecule has 1 aromatic heterocycles. The zero-order valence-electron chi connectivity index (χ0n) is 13.4. The lowest BCUT2D eigenvalue weighted by Gasteiger charge is -2.06. The van der Waals surface area contributed by atoms with Crippen LogP contribution in [-0.4, -0.2) is 15.0 Å². The third-order valence-electron chi connectivity index (χ3n) is 3.68. The predicted molar refractivity (Wildman–Crippen MR) is 98.2 cm³/mol. The van der Waals surface area contributed by atoms with E-state index in [0.717, 1.165) is 21.9 Å². The average Bonchev–Trinajstić information content (AvgIpc) is 2.61. The molecule has 24 heavy (non-hydrogen) atoms. The lowest BCUT2D eigenvalue weighted by molar-refractivity contribution is 1.06. The summed E-state index contributed by atoms with van der Waals surface area (Å²) in [6.07, 6.45) is 0. The zero-order valence-corrected chi connectivity index (χ0v) is 13.9. The second-order valence-corrected chi connectivity index (χ2v) is 5.91. The van der Waals surface area contributed by atoms with Gasteiger partial charge in [0.15, 0.2) is 5.82 Å². The van der Waals surface area contributed by atoms with Crippen molar-refractivity contribution in [2.75, 3.05) is 0 Å². The van der Waals surface area contributed by atoms with E-state index >= 15 is 0 Å². The first kappa shape index (κ1) is 13.9. The molecule has 5 heteroatoms. The number of nitrogens with zero attached hydrogens (tertiary/aromatic N) is 3. The maximum atomic E-state index is 8.51. The van der Waals surface area contributed by atoms with E-state index in [1.54, 1.807) is 6.07 Å². The van der Waals surface area contributed by atoms with Gasteiger partial charge in [0.05, 0.1) is 1.37 Å². The molecule has 0 fully saturated rings. The van der Waals surface area contributed by atoms with Crippen LogP contribution in [-0.2, 0) is 0 Å². The lowest BCUT2D eigenvalue weighted by Crippen LogP contribution is -1.93. The quantitative estimate of drug-likeness (QED) is 0.466. The maximum Gasteiger partial charge on any atom is 0.227 e. The number of hydrogen-bond acceptors (Lipinski definition) is 3. The van der Waals surface area contributed by atoms with Crippen LogP contribution in [0.25, 0.3) is 33.3 Å². The van der Waals surface area contributed by atoms with Crippen molar-refractivity contribution >= 4 is 34.0 Å². The minimum atomic E-state index is 0.00826. The lowest BCUT2D eigenvalue weighted by atomic mass is 10.00. The minimum Gasteiger partial charge on any atom is -0.198 e. The first-order chi connectivity index (χ1) is 12.1. The third kappa shape index (κ3) is 2.96. The van der Waals surface area contributed by atoms with Crippen molar-refractivity contribution in [2.45, 2.75) is 0 Å². The molecule has 0 unspecified atom stereocenters. The van der Waals surface area contributed by atoms with Crippen LogP contribution in [0.15, 0.2) is 66.7 Å². The fourth-order valence-electron chi connectivity index (χ4n) is 2.56. The molecule has 0 saturated heterocycles. The third-order valence-corrected chi connectivity index (χ3v) is 4.02. The Bertz CT molecular complexity index is 1060. The second kappa shape index (κ2) is 6.19. The SMILES string of the molecule is [2H]c1c(-c2nc(Cl)nc(Cl)n2)ccc2cc(-c3ccccc3)ccc12. The van der Waals surface area contributed by atoms with E-state index in [2.05, 4.69) is 33.2 Å². The van der Waals surface area contributed by atoms with Crippen LogP contribution in [0.2, 0.25) is 10.6 Å². The molecule has 4 rings (SSSR count). The highest BCUT2D eigenvalue weighted by Gasteiger charge is 2.07. The van der Waals surface area contributed by atoms with Crippen LogP contribution in [0.3, 0.4) is 0 Å². The summed E-state index contributed by atoms with van der Waals surface area (Å²) in [6.45, 7) is 0. The van der Waals surface area contributed by atoms with Gasteiger partial charge in [0, 0.05) is 5.56 Å². The summed E-state index contributed by atoms with van der Waals surface area (Å²) >= 11 is 11.7. The summed E-state index contributed by atoms with van der Waals surface area (Å²) in [5.74, 6) is 0.295. The van der Waals surface area contributed by atoms with Crippen molar-refractivity contribution in [2.24, 2.45) is 0 Å². The molecule has 0 amide bonds. The molecule has 3 aromatic carbocycles. The van der Waals surface area contributed by atoms with Crippen molar-refractivity contribution in [1.29, 1.82) is 0 Å². The number of rotatable bonds is 2. The Kier molecular flexibility index (Phi) is 3.59. The molecule has 0 atom stereocenters. The standard InChI is InChI=1S/C19H11Cl2N3/c20-18-22-17(23-19(21)24-18)16-9-8-14-10-13(6-7-15(14)11-16)12-4-2-1-3-5-12/h1-11H/i11D. The fraction of sp³-hybridized carbons (Fsp3) is 0. The van der Waals surface area contributed by atoms with Gasteiger partial charge in [0.25, 0.3) is 0 Å². The zero-order chi connectivity index (χ0) is 17.4. The molecular weight excluding hydrogens is 341 g/mol. The van der Waals surface area contributed by atoms with Gasteiger partial charge in [-0.3, -0.25) is 0 Å². The summed E-state index contributed by atoms with van der Waals surface area (Å²) in [6, 6.07) is 20.2. The monoisotopic (exact) mass is 352 g/mol. The summed E-state index contributed by atoms with van der Waals surface area (Å²) in [7, 11) is 0. The highest BCUT2D eigenvalue weighted by molar-refractivity contribution is 6.31. The normalized spacial score (nSPS) is 11.5. The van der Waals surface area contributed by atoms with E-state index in [0.29, 0.717) is 17.4 Å². The first-order valence-electron chi connectivity index (χ1n) is 7.78. The maximum absolute atomic E-state index is 8.51. The minimum absolute atomic E-state index is 0.00826. The summed E-state index contributed by atoms with van der Waals surface area (Å²) in [4.78, 5) is 11.9. The Morgan fingerprint density at radius 2 is 1.33 bits per heavy atom. The molecule has 0 saturated carbocycles. The Hall–Kier alpha value is -2.49. The molecular formula is C19H11Cl2N3. The number of fused-ring (bicyclic) bond motifs is 1. The van der Waals surface area contributed by atoms with Crippen LogP contribution in [0.4, 0.5) is 0 Å². The molecule has 0 bridgehead atoms. The first-order valence-corrected chi connectivity index (χ1v) is 8.03. The van der Waals surface area contributed by atoms with Gasteiger partial charge in [-0.2, -0.15) is 15.0 Å². The van der Waals surface area contributed by atoms with E-state index in [1.807, 2.05) is 36.4 Å². The Morgan fingerprint density at radius 1 is 0.667 bits per heavy atom. The Morgan fingerprint density at radius 3 is 2.08 bits per heavy atom. The molecule has 1 heterocycles. The van der Waals surface area contributed by atoms with Gasteiger partial charge >= 0.3 is 0 Å². The van der Waals surface area contributed by atoms with Crippen LogP contribution in [0.5, 0.6) is 0 Å². The highest BCUT2D eigenvalue weighted by atomic mass is 35.5. The molecule has 0 aliphatic carbocycles. The van der Waals surface area contributed by atoms with Crippen LogP contribution >= 0.6 is 23.2 Å². The number of halogens is 2. The average molecular weight is 353 g/mol. The molecule has 0 aliphatic rings. The fourth-order valence-corrected chi connectivity index (χ4v) is 2.92. The largest absolute Gasteiger partial charge is 0.227 e. The summed E-state index contributed by atoms with van der Waals surface area (Å²) in [5, 5.41) is 1.80. The van der Waals surface area contributed by atoms with Gasteiger partial charge in [-0.25, -0.2) is 0 Å². The molecule has 116 valence electrons. The van der Waals surface area contributed by atoms with Crippen molar-refractivity contribution in [1.82, 2.24) is 15.0 Å². The van der Waals surface area contributed by atoms with E-state index in [1.165, 1.54) is 0 Å². The number of aromatic nitrogens is 3. The van der Waals surface area contributed by atoms with Crippen molar-refractivity contribution < 1.29 is 1.37 Å². The van der Waals surface area contributed by atoms with Crippen molar-refractivity contribution in [3.05, 3.63) is 77.3 Å². The van der Waals surface area contributed by atoms with Gasteiger partial charge in [-0.1, -0.05) is 54.6 Å². The van der Waals surface area contributed by atoms with E-state index in [-0.39, 0.29) is 10.6 Å². The van der Waals surface area contributed by atoms with Gasteiger partial charge in [0.1, 0.15) is 0 Å². The Balaban J connectivity index is 1.86. The van der Waals surface area contributed by atoms with Gasteiger partial charge in [-0.15, -0.1) is 0 Å². The molecule has 0 aliphatic heterocycles. The molecule has 0 radical (unpaired) electrons. The van der Waals surface area contributed by atoms with E-state index < -0.39 is 0 Å². The second-order valence-electron chi connectivity index (χ2n) is 5.24. The number of hydrogen-bond donors (Lipinski definition) is 0. The summed E-state index contributed by atoms with van der Waals surface area (Å²) < 4.78 is 8.51. The molecule has 4 aromatic rings. The van der Waals surface area contributed by atoms with Crippen LogP contribution < -0.4 is 0 Å². The van der Waals surface area contributed by atoms with E-state index in [4.69, 9.17) is 24.6 Å². The van der Waals surface area contributed by atoms with Gasteiger partial charge in [-0.05, 0) is 57.2 Å². The topological polar surface area (TPSA) is 38.7 Å². The van der Waals surface area contributed by atoms with Gasteiger partial charge in [0.2, 0.25) is 10.6 Å². The molecule has 3 nitrogen and oxygen atoms in total. The molecule has 0 N–H and O–H groups in total. The predicted octanol–water partition coefficient (Wildman–Crippen LogP) is 5.67. The summed E-state index contributed by atoms with van der Waals surface area (Å²) in [5.41, 5.74) is 2.80. The Labute approximate surface area is 150 Å².